The van der Waals surface area contributed by atoms with Gasteiger partial charge in [0.05, 0.1) is 18.1 Å². The van der Waals surface area contributed by atoms with Crippen LogP contribution in [0, 0.1) is 11.7 Å². The van der Waals surface area contributed by atoms with Crippen molar-refractivity contribution in [2.45, 2.75) is 19.4 Å². The number of nitrogens with zero attached hydrogens (tertiary/aromatic N) is 1. The Morgan fingerprint density at radius 3 is 2.88 bits per heavy atom. The van der Waals surface area contributed by atoms with E-state index < -0.39 is 0 Å². The van der Waals surface area contributed by atoms with Crippen molar-refractivity contribution >= 4 is 23.2 Å². The molecular formula is C20H22ClFN2O2. The van der Waals surface area contributed by atoms with Crippen LogP contribution in [0.4, 0.5) is 10.1 Å². The summed E-state index contributed by atoms with van der Waals surface area (Å²) in [4.78, 5) is 14.7. The van der Waals surface area contributed by atoms with E-state index in [0.29, 0.717) is 35.1 Å². The molecule has 1 aliphatic rings. The average Bonchev–Trinajstić information content (AvgIpc) is 2.64. The molecule has 0 aromatic heterocycles. The molecule has 1 amide bonds. The Balaban J connectivity index is 1.61. The standard InChI is InChI=1S/C20H22ClFN2O2/c1-26-19-9-8-16(11-17(19)21)23-20(25)15-6-4-10-24(13-15)12-14-5-2-3-7-18(14)22/h2-3,5,7-9,11,15H,4,6,10,12-13H2,1H3,(H,23,25). The first-order chi connectivity index (χ1) is 12.6. The largest absolute Gasteiger partial charge is 0.495 e. The minimum atomic E-state index is -0.202. The van der Waals surface area contributed by atoms with Crippen LogP contribution in [0.25, 0.3) is 0 Å². The minimum Gasteiger partial charge on any atom is -0.495 e. The second-order valence-corrected chi connectivity index (χ2v) is 6.91. The third-order valence-electron chi connectivity index (χ3n) is 4.65. The van der Waals surface area contributed by atoms with E-state index in [1.807, 2.05) is 6.07 Å². The second kappa shape index (κ2) is 8.52. The van der Waals surface area contributed by atoms with Gasteiger partial charge in [0.1, 0.15) is 11.6 Å². The maximum Gasteiger partial charge on any atom is 0.228 e. The molecular weight excluding hydrogens is 355 g/mol. The number of anilines is 1. The molecule has 138 valence electrons. The molecule has 0 saturated carbocycles. The van der Waals surface area contributed by atoms with Gasteiger partial charge in [-0.05, 0) is 43.7 Å². The lowest BCUT2D eigenvalue weighted by molar-refractivity contribution is -0.121. The molecule has 1 atom stereocenters. The summed E-state index contributed by atoms with van der Waals surface area (Å²) in [5.41, 5.74) is 1.31. The summed E-state index contributed by atoms with van der Waals surface area (Å²) >= 11 is 6.11. The Kier molecular flexibility index (Phi) is 6.12. The number of carbonyl (C=O) groups excluding carboxylic acids is 1. The lowest BCUT2D eigenvalue weighted by atomic mass is 9.96. The first-order valence-corrected chi connectivity index (χ1v) is 9.05. The predicted octanol–water partition coefficient (Wildman–Crippen LogP) is 4.34. The number of nitrogens with one attached hydrogen (secondary N) is 1. The molecule has 3 rings (SSSR count). The van der Waals surface area contributed by atoms with Gasteiger partial charge in [-0.25, -0.2) is 4.39 Å². The maximum absolute atomic E-state index is 13.9. The van der Waals surface area contributed by atoms with E-state index in [1.54, 1.807) is 37.4 Å². The van der Waals surface area contributed by atoms with Crippen molar-refractivity contribution in [1.82, 2.24) is 4.90 Å². The quantitative estimate of drug-likeness (QED) is 0.844. The van der Waals surface area contributed by atoms with Gasteiger partial charge in [-0.15, -0.1) is 0 Å². The van der Waals surface area contributed by atoms with Crippen LogP contribution in [0.3, 0.4) is 0 Å². The predicted molar refractivity (Wildman–Crippen MR) is 101 cm³/mol. The van der Waals surface area contributed by atoms with Gasteiger partial charge < -0.3 is 10.1 Å². The fraction of sp³-hybridized carbons (Fsp3) is 0.350. The number of amides is 1. The Labute approximate surface area is 157 Å². The van der Waals surface area contributed by atoms with Crippen molar-refractivity contribution in [3.05, 3.63) is 58.9 Å². The zero-order chi connectivity index (χ0) is 18.5. The molecule has 0 spiro atoms. The highest BCUT2D eigenvalue weighted by Gasteiger charge is 2.26. The zero-order valence-electron chi connectivity index (χ0n) is 14.7. The van der Waals surface area contributed by atoms with Gasteiger partial charge in [-0.3, -0.25) is 9.69 Å². The molecule has 0 bridgehead atoms. The van der Waals surface area contributed by atoms with Crippen molar-refractivity contribution in [2.24, 2.45) is 5.92 Å². The van der Waals surface area contributed by atoms with Crippen LogP contribution in [-0.4, -0.2) is 31.0 Å². The topological polar surface area (TPSA) is 41.6 Å². The van der Waals surface area contributed by atoms with Gasteiger partial charge in [0.25, 0.3) is 0 Å². The molecule has 26 heavy (non-hydrogen) atoms. The number of hydrogen-bond donors (Lipinski definition) is 1. The average molecular weight is 377 g/mol. The van der Waals surface area contributed by atoms with E-state index in [-0.39, 0.29) is 17.6 Å². The SMILES string of the molecule is COc1ccc(NC(=O)C2CCCN(Cc3ccccc3F)C2)cc1Cl. The molecule has 4 nitrogen and oxygen atoms in total. The Morgan fingerprint density at radius 1 is 1.35 bits per heavy atom. The summed E-state index contributed by atoms with van der Waals surface area (Å²) in [6, 6.07) is 11.9. The summed E-state index contributed by atoms with van der Waals surface area (Å²) in [7, 11) is 1.55. The van der Waals surface area contributed by atoms with Crippen LogP contribution in [0.15, 0.2) is 42.5 Å². The number of halogens is 2. The smallest absolute Gasteiger partial charge is 0.228 e. The first kappa shape index (κ1) is 18.7. The number of ether oxygens (including phenoxy) is 1. The zero-order valence-corrected chi connectivity index (χ0v) is 15.4. The number of methoxy groups -OCH3 is 1. The molecule has 1 unspecified atom stereocenters. The van der Waals surface area contributed by atoms with Crippen LogP contribution in [0.2, 0.25) is 5.02 Å². The highest BCUT2D eigenvalue weighted by molar-refractivity contribution is 6.32. The van der Waals surface area contributed by atoms with Crippen molar-refractivity contribution in [3.8, 4) is 5.75 Å². The Morgan fingerprint density at radius 2 is 2.15 bits per heavy atom. The van der Waals surface area contributed by atoms with E-state index in [4.69, 9.17) is 16.3 Å². The number of carbonyl (C=O) groups is 1. The molecule has 6 heteroatoms. The number of benzene rings is 2. The molecule has 1 heterocycles. The van der Waals surface area contributed by atoms with Gasteiger partial charge in [0.2, 0.25) is 5.91 Å². The maximum atomic E-state index is 13.9. The second-order valence-electron chi connectivity index (χ2n) is 6.50. The molecule has 2 aromatic carbocycles. The highest BCUT2D eigenvalue weighted by atomic mass is 35.5. The summed E-state index contributed by atoms with van der Waals surface area (Å²) in [6.45, 7) is 2.00. The minimum absolute atomic E-state index is 0.0375. The third kappa shape index (κ3) is 4.54. The van der Waals surface area contributed by atoms with E-state index in [2.05, 4.69) is 10.2 Å². The summed E-state index contributed by atoms with van der Waals surface area (Å²) in [5.74, 6) is 0.200. The van der Waals surface area contributed by atoms with Gasteiger partial charge in [-0.1, -0.05) is 29.8 Å². The monoisotopic (exact) mass is 376 g/mol. The molecule has 0 radical (unpaired) electrons. The number of likely N-dealkylation sites (tertiary alicyclic amines) is 1. The lowest BCUT2D eigenvalue weighted by Crippen LogP contribution is -2.40. The van der Waals surface area contributed by atoms with Crippen molar-refractivity contribution < 1.29 is 13.9 Å². The molecule has 1 aliphatic heterocycles. The van der Waals surface area contributed by atoms with Gasteiger partial charge in [0.15, 0.2) is 0 Å². The highest BCUT2D eigenvalue weighted by Crippen LogP contribution is 2.28. The number of piperidine rings is 1. The van der Waals surface area contributed by atoms with E-state index in [0.717, 1.165) is 19.4 Å². The fourth-order valence-corrected chi connectivity index (χ4v) is 3.53. The van der Waals surface area contributed by atoms with Crippen LogP contribution < -0.4 is 10.1 Å². The normalized spacial score (nSPS) is 17.7. The van der Waals surface area contributed by atoms with Crippen LogP contribution >= 0.6 is 11.6 Å². The van der Waals surface area contributed by atoms with Gasteiger partial charge >= 0.3 is 0 Å². The van der Waals surface area contributed by atoms with Crippen molar-refractivity contribution in [3.63, 3.8) is 0 Å². The molecule has 1 N–H and O–H groups in total. The lowest BCUT2D eigenvalue weighted by Gasteiger charge is -2.32. The number of rotatable bonds is 5. The Bertz CT molecular complexity index is 784. The molecule has 2 aromatic rings. The van der Waals surface area contributed by atoms with E-state index >= 15 is 0 Å². The van der Waals surface area contributed by atoms with E-state index in [1.165, 1.54) is 6.07 Å². The van der Waals surface area contributed by atoms with Crippen LogP contribution in [-0.2, 0) is 11.3 Å². The summed E-state index contributed by atoms with van der Waals surface area (Å²) in [6.07, 6.45) is 1.74. The molecule has 0 aliphatic carbocycles. The van der Waals surface area contributed by atoms with Crippen LogP contribution in [0.5, 0.6) is 5.75 Å². The first-order valence-electron chi connectivity index (χ1n) is 8.67. The number of hydrogen-bond acceptors (Lipinski definition) is 3. The molecule has 1 fully saturated rings. The van der Waals surface area contributed by atoms with Crippen molar-refractivity contribution in [2.75, 3.05) is 25.5 Å². The van der Waals surface area contributed by atoms with Gasteiger partial charge in [-0.2, -0.15) is 0 Å². The Hall–Kier alpha value is -2.11. The summed E-state index contributed by atoms with van der Waals surface area (Å²) < 4.78 is 19.0. The van der Waals surface area contributed by atoms with Gasteiger partial charge in [0, 0.05) is 24.3 Å². The van der Waals surface area contributed by atoms with Crippen molar-refractivity contribution in [1.29, 1.82) is 0 Å². The molecule has 1 saturated heterocycles. The fourth-order valence-electron chi connectivity index (χ4n) is 3.27. The van der Waals surface area contributed by atoms with E-state index in [9.17, 15) is 9.18 Å². The van der Waals surface area contributed by atoms with Crippen LogP contribution in [0.1, 0.15) is 18.4 Å². The summed E-state index contributed by atoms with van der Waals surface area (Å²) in [5, 5.41) is 3.37. The third-order valence-corrected chi connectivity index (χ3v) is 4.94.